The van der Waals surface area contributed by atoms with E-state index >= 15 is 0 Å². The van der Waals surface area contributed by atoms with Crippen molar-refractivity contribution in [3.05, 3.63) is 47.5 Å². The van der Waals surface area contributed by atoms with E-state index in [9.17, 15) is 9.59 Å². The number of ether oxygens (including phenoxy) is 4. The summed E-state index contributed by atoms with van der Waals surface area (Å²) in [5.41, 5.74) is 1.41. The van der Waals surface area contributed by atoms with Crippen molar-refractivity contribution in [3.8, 4) is 17.2 Å². The number of hydrogen-bond acceptors (Lipinski definition) is 6. The predicted molar refractivity (Wildman–Crippen MR) is 133 cm³/mol. The van der Waals surface area contributed by atoms with Crippen molar-refractivity contribution in [2.75, 3.05) is 37.9 Å². The number of amides is 2. The molecule has 2 amide bonds. The second-order valence-electron chi connectivity index (χ2n) is 11.1. The van der Waals surface area contributed by atoms with Gasteiger partial charge in [-0.3, -0.25) is 4.79 Å². The molecule has 0 bridgehead atoms. The largest absolute Gasteiger partial charge is 0.491 e. The molecule has 8 nitrogen and oxygen atoms in total. The van der Waals surface area contributed by atoms with Crippen LogP contribution in [0.3, 0.4) is 0 Å². The van der Waals surface area contributed by atoms with Gasteiger partial charge in [0.25, 0.3) is 0 Å². The Kier molecular flexibility index (Phi) is 5.32. The summed E-state index contributed by atoms with van der Waals surface area (Å²) in [4.78, 5) is 30.2. The van der Waals surface area contributed by atoms with E-state index in [1.54, 1.807) is 4.90 Å². The van der Waals surface area contributed by atoms with Crippen molar-refractivity contribution >= 4 is 17.7 Å². The number of likely N-dealkylation sites (tertiary alicyclic amines) is 1. The van der Waals surface area contributed by atoms with Crippen molar-refractivity contribution in [2.24, 2.45) is 5.92 Å². The fourth-order valence-electron chi connectivity index (χ4n) is 5.83. The molecule has 1 unspecified atom stereocenters. The van der Waals surface area contributed by atoms with E-state index < -0.39 is 11.0 Å². The van der Waals surface area contributed by atoms with E-state index in [0.29, 0.717) is 42.8 Å². The van der Waals surface area contributed by atoms with Crippen LogP contribution in [0.1, 0.15) is 51.2 Å². The molecule has 2 aromatic carbocycles. The highest BCUT2D eigenvalue weighted by atomic mass is 16.7. The van der Waals surface area contributed by atoms with E-state index in [2.05, 4.69) is 0 Å². The van der Waals surface area contributed by atoms with Crippen LogP contribution in [0.4, 0.5) is 10.5 Å². The lowest BCUT2D eigenvalue weighted by Gasteiger charge is -2.34. The molecule has 0 aliphatic carbocycles. The highest BCUT2D eigenvalue weighted by Gasteiger charge is 2.57. The maximum absolute atomic E-state index is 14.1. The van der Waals surface area contributed by atoms with E-state index in [4.69, 9.17) is 18.9 Å². The number of nitrogens with zero attached hydrogens (tertiary/aromatic N) is 2. The second kappa shape index (κ2) is 8.32. The van der Waals surface area contributed by atoms with Crippen LogP contribution in [0.5, 0.6) is 17.2 Å². The van der Waals surface area contributed by atoms with Gasteiger partial charge in [-0.15, -0.1) is 0 Å². The Labute approximate surface area is 211 Å². The first-order valence-electron chi connectivity index (χ1n) is 12.7. The van der Waals surface area contributed by atoms with Crippen molar-refractivity contribution < 1.29 is 28.5 Å². The number of piperidine rings is 1. The molecule has 1 atom stereocenters. The fourth-order valence-corrected chi connectivity index (χ4v) is 5.83. The van der Waals surface area contributed by atoms with Crippen LogP contribution in [0, 0.1) is 5.92 Å². The van der Waals surface area contributed by atoms with Gasteiger partial charge in [0.2, 0.25) is 12.7 Å². The summed E-state index contributed by atoms with van der Waals surface area (Å²) in [5.74, 6) is 2.48. The topological polar surface area (TPSA) is 77.5 Å². The molecule has 1 saturated heterocycles. The van der Waals surface area contributed by atoms with E-state index in [1.165, 1.54) is 0 Å². The molecule has 2 aromatic rings. The minimum atomic E-state index is -0.868. The van der Waals surface area contributed by atoms with Gasteiger partial charge in [0, 0.05) is 37.0 Å². The summed E-state index contributed by atoms with van der Waals surface area (Å²) in [6.45, 7) is 8.10. The average Bonchev–Trinajstić information content (AvgIpc) is 3.52. The van der Waals surface area contributed by atoms with Gasteiger partial charge in [-0.05, 0) is 63.6 Å². The highest BCUT2D eigenvalue weighted by Crippen LogP contribution is 2.55. The third kappa shape index (κ3) is 3.65. The van der Waals surface area contributed by atoms with Gasteiger partial charge < -0.3 is 28.7 Å². The Bertz CT molecular complexity index is 1210. The van der Waals surface area contributed by atoms with Gasteiger partial charge in [0.05, 0.1) is 0 Å². The number of carbonyl (C=O) groups excluding carboxylic acids is 2. The summed E-state index contributed by atoms with van der Waals surface area (Å²) in [5, 5.41) is 0. The van der Waals surface area contributed by atoms with Gasteiger partial charge >= 0.3 is 6.09 Å². The lowest BCUT2D eigenvalue weighted by Crippen LogP contribution is -2.44. The Morgan fingerprint density at radius 2 is 1.75 bits per heavy atom. The third-order valence-corrected chi connectivity index (χ3v) is 7.67. The molecular formula is C28H32N2O6. The lowest BCUT2D eigenvalue weighted by molar-refractivity contribution is -0.122. The van der Waals surface area contributed by atoms with E-state index in [1.807, 2.05) is 62.1 Å². The normalized spacial score (nSPS) is 22.6. The third-order valence-electron chi connectivity index (χ3n) is 7.67. The summed E-state index contributed by atoms with van der Waals surface area (Å²) >= 11 is 0. The zero-order valence-electron chi connectivity index (χ0n) is 21.0. The summed E-state index contributed by atoms with van der Waals surface area (Å²) < 4.78 is 22.7. The number of anilines is 1. The average molecular weight is 493 g/mol. The van der Waals surface area contributed by atoms with Gasteiger partial charge in [-0.2, -0.15) is 0 Å². The minimum absolute atomic E-state index is 0.0486. The molecule has 4 heterocycles. The van der Waals surface area contributed by atoms with Crippen LogP contribution in [0.25, 0.3) is 0 Å². The zero-order valence-corrected chi connectivity index (χ0v) is 21.0. The first-order chi connectivity index (χ1) is 17.3. The van der Waals surface area contributed by atoms with Crippen LogP contribution in [-0.4, -0.2) is 55.5 Å². The Morgan fingerprint density at radius 3 is 2.50 bits per heavy atom. The SMILES string of the molecule is CC(C)(C)OC(=O)N1CCC(CCN2C(=O)C3(COc4cc5c(cc43)OCO5)c3ccccc32)CC1. The van der Waals surface area contributed by atoms with Crippen molar-refractivity contribution in [3.63, 3.8) is 0 Å². The molecule has 1 fully saturated rings. The minimum Gasteiger partial charge on any atom is -0.491 e. The van der Waals surface area contributed by atoms with E-state index in [0.717, 1.165) is 36.1 Å². The van der Waals surface area contributed by atoms with Crippen molar-refractivity contribution in [1.29, 1.82) is 0 Å². The first-order valence-corrected chi connectivity index (χ1v) is 12.7. The van der Waals surface area contributed by atoms with Gasteiger partial charge in [-0.25, -0.2) is 4.79 Å². The standard InChI is InChI=1S/C28H32N2O6/c1-27(2,3)36-26(32)29-11-8-18(9-12-29)10-13-30-21-7-5-4-6-19(21)28(25(30)31)16-33-22-15-24-23(14-20(22)28)34-17-35-24/h4-7,14-15,18H,8-13,16-17H2,1-3H3. The molecule has 4 aliphatic heterocycles. The number of benzene rings is 2. The van der Waals surface area contributed by atoms with Crippen LogP contribution in [0.15, 0.2) is 36.4 Å². The molecular weight excluding hydrogens is 460 g/mol. The molecule has 0 N–H and O–H groups in total. The molecule has 4 aliphatic rings. The fraction of sp³-hybridized carbons (Fsp3) is 0.500. The lowest BCUT2D eigenvalue weighted by atomic mass is 9.77. The molecule has 8 heteroatoms. The van der Waals surface area contributed by atoms with Crippen molar-refractivity contribution in [1.82, 2.24) is 4.90 Å². The molecule has 190 valence electrons. The quantitative estimate of drug-likeness (QED) is 0.629. The highest BCUT2D eigenvalue weighted by molar-refractivity contribution is 6.11. The van der Waals surface area contributed by atoms with Crippen LogP contribution < -0.4 is 19.1 Å². The van der Waals surface area contributed by atoms with Crippen LogP contribution in [-0.2, 0) is 14.9 Å². The van der Waals surface area contributed by atoms with Crippen LogP contribution in [0.2, 0.25) is 0 Å². The number of carbonyl (C=O) groups is 2. The molecule has 1 spiro atoms. The number of para-hydroxylation sites is 1. The maximum atomic E-state index is 14.1. The monoisotopic (exact) mass is 492 g/mol. The molecule has 36 heavy (non-hydrogen) atoms. The summed E-state index contributed by atoms with van der Waals surface area (Å²) in [6, 6.07) is 11.8. The zero-order chi connectivity index (χ0) is 25.1. The second-order valence-corrected chi connectivity index (χ2v) is 11.1. The Balaban J connectivity index is 1.18. The Hall–Kier alpha value is -3.42. The Morgan fingerprint density at radius 1 is 1.03 bits per heavy atom. The maximum Gasteiger partial charge on any atom is 0.410 e. The van der Waals surface area contributed by atoms with Gasteiger partial charge in [-0.1, -0.05) is 18.2 Å². The van der Waals surface area contributed by atoms with Gasteiger partial charge in [0.15, 0.2) is 11.5 Å². The number of rotatable bonds is 3. The predicted octanol–water partition coefficient (Wildman–Crippen LogP) is 4.48. The smallest absolute Gasteiger partial charge is 0.410 e. The molecule has 0 radical (unpaired) electrons. The van der Waals surface area contributed by atoms with Crippen LogP contribution >= 0.6 is 0 Å². The number of hydrogen-bond donors (Lipinski definition) is 0. The van der Waals surface area contributed by atoms with Gasteiger partial charge in [0.1, 0.15) is 23.4 Å². The van der Waals surface area contributed by atoms with Crippen molar-refractivity contribution in [2.45, 2.75) is 51.0 Å². The van der Waals surface area contributed by atoms with E-state index in [-0.39, 0.29) is 25.4 Å². The summed E-state index contributed by atoms with van der Waals surface area (Å²) in [7, 11) is 0. The summed E-state index contributed by atoms with van der Waals surface area (Å²) in [6.07, 6.45) is 2.45. The molecule has 0 saturated carbocycles. The number of fused-ring (bicyclic) bond motifs is 5. The molecule has 6 rings (SSSR count). The first kappa shape index (κ1) is 23.0. The molecule has 0 aromatic heterocycles.